The Bertz CT molecular complexity index is 267. The zero-order chi connectivity index (χ0) is 9.14. The lowest BCUT2D eigenvalue weighted by Crippen LogP contribution is -2.05. The molecule has 0 aliphatic heterocycles. The first kappa shape index (κ1) is 8.93. The molecule has 2 N–H and O–H groups in total. The number of aromatic nitrogens is 2. The third kappa shape index (κ3) is 1.71. The molecule has 1 aromatic rings. The van der Waals surface area contributed by atoms with Crippen LogP contribution in [0.3, 0.4) is 0 Å². The molecule has 0 saturated carbocycles. The SMILES string of the molecule is C=CC(C)c1noc([C@H](C)N)n1. The van der Waals surface area contributed by atoms with Crippen molar-refractivity contribution in [1.29, 1.82) is 0 Å². The molecule has 0 spiro atoms. The van der Waals surface area contributed by atoms with Crippen LogP contribution in [0.15, 0.2) is 17.2 Å². The molecule has 0 fully saturated rings. The number of hydrogen-bond donors (Lipinski definition) is 1. The van der Waals surface area contributed by atoms with Crippen LogP contribution in [0.4, 0.5) is 0 Å². The van der Waals surface area contributed by atoms with E-state index in [1.165, 1.54) is 0 Å². The third-order valence-electron chi connectivity index (χ3n) is 1.61. The molecule has 12 heavy (non-hydrogen) atoms. The van der Waals surface area contributed by atoms with Crippen LogP contribution < -0.4 is 5.73 Å². The monoisotopic (exact) mass is 167 g/mol. The predicted molar refractivity (Wildman–Crippen MR) is 45.5 cm³/mol. The molecule has 1 unspecified atom stereocenters. The van der Waals surface area contributed by atoms with Crippen molar-refractivity contribution in [2.45, 2.75) is 25.8 Å². The highest BCUT2D eigenvalue weighted by Gasteiger charge is 2.12. The largest absolute Gasteiger partial charge is 0.338 e. The van der Waals surface area contributed by atoms with Gasteiger partial charge in [0.1, 0.15) is 0 Å². The van der Waals surface area contributed by atoms with Gasteiger partial charge in [0, 0.05) is 5.92 Å². The summed E-state index contributed by atoms with van der Waals surface area (Å²) in [6, 6.07) is -0.205. The standard InChI is InChI=1S/C8H13N3O/c1-4-5(2)7-10-8(6(3)9)12-11-7/h4-6H,1,9H2,2-3H3/t5?,6-/m0/s1. The Morgan fingerprint density at radius 2 is 2.25 bits per heavy atom. The highest BCUT2D eigenvalue weighted by atomic mass is 16.5. The molecule has 0 aliphatic carbocycles. The molecule has 0 radical (unpaired) electrons. The lowest BCUT2D eigenvalue weighted by molar-refractivity contribution is 0.356. The Balaban J connectivity index is 2.83. The highest BCUT2D eigenvalue weighted by molar-refractivity contribution is 5.02. The fourth-order valence-corrected chi connectivity index (χ4v) is 0.723. The fourth-order valence-electron chi connectivity index (χ4n) is 0.723. The molecule has 0 aliphatic rings. The lowest BCUT2D eigenvalue weighted by atomic mass is 10.2. The maximum absolute atomic E-state index is 5.55. The van der Waals surface area contributed by atoms with Gasteiger partial charge in [-0.2, -0.15) is 4.98 Å². The van der Waals surface area contributed by atoms with Crippen molar-refractivity contribution in [3.63, 3.8) is 0 Å². The van der Waals surface area contributed by atoms with Crippen LogP contribution in [0.25, 0.3) is 0 Å². The summed E-state index contributed by atoms with van der Waals surface area (Å²) in [5, 5.41) is 3.77. The molecule has 1 heterocycles. The summed E-state index contributed by atoms with van der Waals surface area (Å²) in [5.74, 6) is 1.22. The first-order valence-electron chi connectivity index (χ1n) is 3.86. The molecule has 0 saturated heterocycles. The lowest BCUT2D eigenvalue weighted by Gasteiger charge is -1.95. The van der Waals surface area contributed by atoms with E-state index < -0.39 is 0 Å². The van der Waals surface area contributed by atoms with Crippen LogP contribution in [0.1, 0.15) is 37.5 Å². The molecular formula is C8H13N3O. The van der Waals surface area contributed by atoms with Gasteiger partial charge in [0.05, 0.1) is 6.04 Å². The van der Waals surface area contributed by atoms with Crippen LogP contribution in [0, 0.1) is 0 Å². The van der Waals surface area contributed by atoms with Gasteiger partial charge in [-0.3, -0.25) is 0 Å². The number of allylic oxidation sites excluding steroid dienone is 1. The second-order valence-electron chi connectivity index (χ2n) is 2.80. The Morgan fingerprint density at radius 1 is 1.58 bits per heavy atom. The minimum Gasteiger partial charge on any atom is -0.338 e. The molecule has 0 aromatic carbocycles. The van der Waals surface area contributed by atoms with Crippen molar-refractivity contribution >= 4 is 0 Å². The predicted octanol–water partition coefficient (Wildman–Crippen LogP) is 1.38. The van der Waals surface area contributed by atoms with Crippen molar-refractivity contribution in [2.24, 2.45) is 5.73 Å². The first-order chi connectivity index (χ1) is 5.65. The zero-order valence-electron chi connectivity index (χ0n) is 7.32. The summed E-state index contributed by atoms with van der Waals surface area (Å²) in [5.41, 5.74) is 5.55. The van der Waals surface area contributed by atoms with Gasteiger partial charge < -0.3 is 10.3 Å². The molecule has 2 atom stereocenters. The van der Waals surface area contributed by atoms with E-state index in [-0.39, 0.29) is 12.0 Å². The molecular weight excluding hydrogens is 154 g/mol. The average molecular weight is 167 g/mol. The summed E-state index contributed by atoms with van der Waals surface area (Å²) < 4.78 is 4.92. The van der Waals surface area contributed by atoms with Crippen molar-refractivity contribution in [3.05, 3.63) is 24.4 Å². The molecule has 0 bridgehead atoms. The highest BCUT2D eigenvalue weighted by Crippen LogP contribution is 2.14. The summed E-state index contributed by atoms with van der Waals surface area (Å²) in [6.07, 6.45) is 1.76. The van der Waals surface area contributed by atoms with Gasteiger partial charge >= 0.3 is 0 Å². The van der Waals surface area contributed by atoms with Gasteiger partial charge in [0.25, 0.3) is 0 Å². The quantitative estimate of drug-likeness (QED) is 0.690. The summed E-state index contributed by atoms with van der Waals surface area (Å²) >= 11 is 0. The van der Waals surface area contributed by atoms with Crippen LogP contribution in [0.5, 0.6) is 0 Å². The van der Waals surface area contributed by atoms with Crippen molar-refractivity contribution in [3.8, 4) is 0 Å². The summed E-state index contributed by atoms with van der Waals surface area (Å²) in [6.45, 7) is 7.39. The van der Waals surface area contributed by atoms with E-state index in [0.29, 0.717) is 11.7 Å². The van der Waals surface area contributed by atoms with Crippen LogP contribution >= 0.6 is 0 Å². The molecule has 1 aromatic heterocycles. The number of rotatable bonds is 3. The van der Waals surface area contributed by atoms with Gasteiger partial charge in [-0.15, -0.1) is 6.58 Å². The average Bonchev–Trinajstić information content (AvgIpc) is 2.51. The van der Waals surface area contributed by atoms with Gasteiger partial charge in [0.2, 0.25) is 5.89 Å². The zero-order valence-corrected chi connectivity index (χ0v) is 7.32. The van der Waals surface area contributed by atoms with Gasteiger partial charge in [-0.25, -0.2) is 0 Å². The number of nitrogens with zero attached hydrogens (tertiary/aromatic N) is 2. The van der Waals surface area contributed by atoms with Crippen LogP contribution in [0.2, 0.25) is 0 Å². The van der Waals surface area contributed by atoms with E-state index in [1.807, 2.05) is 6.92 Å². The maximum atomic E-state index is 5.55. The number of hydrogen-bond acceptors (Lipinski definition) is 4. The van der Waals surface area contributed by atoms with Gasteiger partial charge in [0.15, 0.2) is 5.82 Å². The molecule has 66 valence electrons. The van der Waals surface area contributed by atoms with Crippen molar-refractivity contribution < 1.29 is 4.52 Å². The minimum atomic E-state index is -0.205. The molecule has 0 amide bonds. The van der Waals surface area contributed by atoms with Crippen molar-refractivity contribution in [2.75, 3.05) is 0 Å². The molecule has 1 rings (SSSR count). The van der Waals surface area contributed by atoms with E-state index in [1.54, 1.807) is 13.0 Å². The topological polar surface area (TPSA) is 64.9 Å². The Morgan fingerprint density at radius 3 is 2.67 bits per heavy atom. The third-order valence-corrected chi connectivity index (χ3v) is 1.61. The summed E-state index contributed by atoms with van der Waals surface area (Å²) in [7, 11) is 0. The number of nitrogens with two attached hydrogens (primary N) is 1. The second kappa shape index (κ2) is 3.49. The van der Waals surface area contributed by atoms with E-state index >= 15 is 0 Å². The van der Waals surface area contributed by atoms with Gasteiger partial charge in [-0.1, -0.05) is 18.2 Å². The maximum Gasteiger partial charge on any atom is 0.243 e. The second-order valence-corrected chi connectivity index (χ2v) is 2.80. The van der Waals surface area contributed by atoms with E-state index in [0.717, 1.165) is 0 Å². The molecule has 4 nitrogen and oxygen atoms in total. The Labute approximate surface area is 71.5 Å². The van der Waals surface area contributed by atoms with Crippen LogP contribution in [-0.4, -0.2) is 10.1 Å². The smallest absolute Gasteiger partial charge is 0.243 e. The van der Waals surface area contributed by atoms with Gasteiger partial charge in [-0.05, 0) is 6.92 Å². The summed E-state index contributed by atoms with van der Waals surface area (Å²) in [4.78, 5) is 4.11. The van der Waals surface area contributed by atoms with Crippen molar-refractivity contribution in [1.82, 2.24) is 10.1 Å². The van der Waals surface area contributed by atoms with E-state index in [4.69, 9.17) is 10.3 Å². The molecule has 4 heteroatoms. The van der Waals surface area contributed by atoms with E-state index in [2.05, 4.69) is 16.7 Å². The van der Waals surface area contributed by atoms with E-state index in [9.17, 15) is 0 Å². The Kier molecular flexibility index (Phi) is 2.60. The normalized spacial score (nSPS) is 15.6. The first-order valence-corrected chi connectivity index (χ1v) is 3.86. The van der Waals surface area contributed by atoms with Crippen LogP contribution in [-0.2, 0) is 0 Å². The Hall–Kier alpha value is -1.16. The minimum absolute atomic E-state index is 0.112. The fraction of sp³-hybridized carbons (Fsp3) is 0.500.